The highest BCUT2D eigenvalue weighted by Crippen LogP contribution is 2.36. The summed E-state index contributed by atoms with van der Waals surface area (Å²) in [6.07, 6.45) is 24.8. The number of allylic oxidation sites excluding steroid dienone is 5. The van der Waals surface area contributed by atoms with Crippen LogP contribution in [-0.4, -0.2) is 112 Å². The number of aromatic nitrogens is 10. The van der Waals surface area contributed by atoms with E-state index in [2.05, 4.69) is 104 Å². The third kappa shape index (κ3) is 25.1. The molecule has 0 saturated heterocycles. The molecule has 31 heteroatoms. The third-order valence-corrected chi connectivity index (χ3v) is 20.2. The van der Waals surface area contributed by atoms with Crippen molar-refractivity contribution in [3.05, 3.63) is 367 Å². The number of aromatic carboxylic acids is 3. The summed E-state index contributed by atoms with van der Waals surface area (Å²) >= 11 is 0. The summed E-state index contributed by atoms with van der Waals surface area (Å²) < 4.78 is 31.5. The second-order valence-corrected chi connectivity index (χ2v) is 29.6. The van der Waals surface area contributed by atoms with Gasteiger partial charge in [-0.15, -0.1) is 32.9 Å². The van der Waals surface area contributed by atoms with Gasteiger partial charge in [-0.2, -0.15) is 0 Å². The highest BCUT2D eigenvalue weighted by atomic mass is 16.5. The SMILES string of the molecule is C=CCc1c(C)nc(-c2ccco2)nc1Nc1ccc(C(=O)O)cc1.C=CCc1c(C)nc(-c2ccco2)nc1Nc1ccc(CC(=O)O)cc1.C=CCc1c(C)nc(-c2ccoc2)nc1Nc1ccc(C(=O)O)cc1OC.C=CCc1c(C)nc(-c2ccoc2)nc1Nc1ccc(CC(=O)O)cc1.C=CCc1c(C)nc(-c2ccoc2)nc1Nc1ccc2cc(C(=O)O)ccc2c1. The molecule has 0 amide bonds. The van der Waals surface area contributed by atoms with Gasteiger partial charge in [0, 0.05) is 79.0 Å². The van der Waals surface area contributed by atoms with Crippen LogP contribution in [0.15, 0.2) is 305 Å². The molecular weight excluding hydrogens is 1690 g/mol. The topological polar surface area (TPSA) is 450 Å². The molecule has 31 nitrogen and oxygen atoms in total. The summed E-state index contributed by atoms with van der Waals surface area (Å²) in [6.45, 7) is 28.6. The Labute approximate surface area is 764 Å². The molecule has 672 valence electrons. The molecule has 0 aliphatic heterocycles. The summed E-state index contributed by atoms with van der Waals surface area (Å²) in [7, 11) is 1.49. The lowest BCUT2D eigenvalue weighted by Gasteiger charge is -2.16. The summed E-state index contributed by atoms with van der Waals surface area (Å²) in [4.78, 5) is 101. The average Bonchev–Trinajstić information content (AvgIpc) is 1.80. The van der Waals surface area contributed by atoms with Crippen LogP contribution < -0.4 is 31.3 Å². The largest absolute Gasteiger partial charge is 0.495 e. The van der Waals surface area contributed by atoms with Crippen molar-refractivity contribution < 1.29 is 76.3 Å². The van der Waals surface area contributed by atoms with Crippen molar-refractivity contribution in [1.82, 2.24) is 49.8 Å². The van der Waals surface area contributed by atoms with Crippen molar-refractivity contribution in [3.8, 4) is 63.1 Å². The monoisotopic (exact) mass is 1780 g/mol. The van der Waals surface area contributed by atoms with E-state index in [1.54, 1.807) is 165 Å². The van der Waals surface area contributed by atoms with Gasteiger partial charge in [0.15, 0.2) is 40.6 Å². The Bertz CT molecular complexity index is 6670. The molecule has 0 radical (unpaired) electrons. The zero-order chi connectivity index (χ0) is 94.6. The number of fused-ring (bicyclic) bond motifs is 1. The number of nitrogens with one attached hydrogen (secondary N) is 5. The number of furan rings is 5. The highest BCUT2D eigenvalue weighted by molar-refractivity contribution is 5.96. The molecule has 0 saturated carbocycles. The van der Waals surface area contributed by atoms with Crippen LogP contribution in [0.2, 0.25) is 0 Å². The number of anilines is 10. The molecule has 10 heterocycles. The molecule has 0 unspecified atom stereocenters. The molecule has 16 rings (SSSR count). The Morgan fingerprint density at radius 1 is 0.338 bits per heavy atom. The van der Waals surface area contributed by atoms with Crippen LogP contribution in [0.4, 0.5) is 57.5 Å². The molecule has 10 N–H and O–H groups in total. The van der Waals surface area contributed by atoms with E-state index in [0.29, 0.717) is 113 Å². The predicted molar refractivity (Wildman–Crippen MR) is 508 cm³/mol. The number of benzene rings is 6. The number of aryl methyl sites for hydroxylation is 5. The van der Waals surface area contributed by atoms with Crippen molar-refractivity contribution in [2.75, 3.05) is 33.7 Å². The van der Waals surface area contributed by atoms with Crippen molar-refractivity contribution >= 4 is 98.1 Å². The Morgan fingerprint density at radius 3 is 0.977 bits per heavy atom. The minimum Gasteiger partial charge on any atom is -0.495 e. The molecule has 133 heavy (non-hydrogen) atoms. The van der Waals surface area contributed by atoms with Crippen molar-refractivity contribution in [2.24, 2.45) is 0 Å². The number of aliphatic carboxylic acids is 2. The smallest absolute Gasteiger partial charge is 0.335 e. The predicted octanol–water partition coefficient (Wildman–Crippen LogP) is 22.1. The van der Waals surface area contributed by atoms with E-state index in [9.17, 15) is 24.0 Å². The highest BCUT2D eigenvalue weighted by Gasteiger charge is 2.22. The lowest BCUT2D eigenvalue weighted by atomic mass is 10.1. The van der Waals surface area contributed by atoms with Crippen LogP contribution in [-0.2, 0) is 54.5 Å². The zero-order valence-electron chi connectivity index (χ0n) is 73.4. The van der Waals surface area contributed by atoms with Gasteiger partial charge in [0.2, 0.25) is 0 Å². The molecular formula is C102H93N15O16. The van der Waals surface area contributed by atoms with E-state index < -0.39 is 29.8 Å². The fraction of sp³-hybridized carbons (Fsp3) is 0.127. The van der Waals surface area contributed by atoms with Gasteiger partial charge >= 0.3 is 29.8 Å². The number of hydrogen-bond acceptors (Lipinski definition) is 26. The van der Waals surface area contributed by atoms with Gasteiger partial charge in [-0.1, -0.05) is 66.8 Å². The minimum atomic E-state index is -1.02. The number of methoxy groups -OCH3 is 1. The first kappa shape index (κ1) is 94.4. The summed E-state index contributed by atoms with van der Waals surface area (Å²) in [6, 6.07) is 49.0. The fourth-order valence-corrected chi connectivity index (χ4v) is 13.6. The van der Waals surface area contributed by atoms with Crippen LogP contribution in [0.5, 0.6) is 5.75 Å². The minimum absolute atomic E-state index is 0.000747. The lowest BCUT2D eigenvalue weighted by Crippen LogP contribution is -2.06. The van der Waals surface area contributed by atoms with Gasteiger partial charge in [-0.3, -0.25) is 9.59 Å². The maximum atomic E-state index is 11.2. The number of hydrogen-bond donors (Lipinski definition) is 10. The van der Waals surface area contributed by atoms with Crippen LogP contribution >= 0.6 is 0 Å². The molecule has 0 spiro atoms. The Kier molecular flexibility index (Phi) is 32.0. The van der Waals surface area contributed by atoms with Gasteiger partial charge in [-0.05, 0) is 222 Å². The maximum Gasteiger partial charge on any atom is 0.335 e. The lowest BCUT2D eigenvalue weighted by molar-refractivity contribution is -0.137. The molecule has 0 aliphatic carbocycles. The number of rotatable bonds is 33. The second kappa shape index (κ2) is 45.1. The fourth-order valence-electron chi connectivity index (χ4n) is 13.6. The van der Waals surface area contributed by atoms with Crippen molar-refractivity contribution in [2.45, 2.75) is 79.6 Å². The van der Waals surface area contributed by atoms with Crippen LogP contribution in [0, 0.1) is 34.6 Å². The van der Waals surface area contributed by atoms with E-state index in [1.165, 1.54) is 19.2 Å². The molecule has 0 bridgehead atoms. The Morgan fingerprint density at radius 2 is 0.647 bits per heavy atom. The second-order valence-electron chi connectivity index (χ2n) is 29.6. The normalized spacial score (nSPS) is 10.5. The number of carboxylic acid groups (broad SMARTS) is 5. The summed E-state index contributed by atoms with van der Waals surface area (Å²) in [5.74, 6) is 2.94. The Hall–Kier alpha value is -17.8. The molecule has 16 aromatic rings. The Balaban J connectivity index is 0.000000150. The molecule has 0 atom stereocenters. The van der Waals surface area contributed by atoms with Gasteiger partial charge in [0.05, 0.1) is 90.3 Å². The number of carbonyl (C=O) groups is 5. The number of carboxylic acids is 5. The standard InChI is InChI=1S/C23H19N3O3.C20H19N3O4.2C20H19N3O3.C19H17N3O3/c1-3-4-20-14(2)24-21(18-9-10-29-13-18)26-22(20)25-19-8-7-15-11-17(23(27)28)6-5-16(15)12-19;1-4-5-15-12(2)21-18(14-8-9-27-11-14)23-19(15)22-16-7-6-13(20(24)25)10-17(16)26-3;1-3-5-16-13(2)21-20(17-6-4-11-26-17)23-19(16)22-15-9-7-14(8-10-15)12-18(24)25;1-3-4-17-13(2)21-19(15-9-10-26-12-15)23-20(17)22-16-7-5-14(6-8-16)11-18(24)25;1-3-5-15-12(2)20-18(16-6-4-11-25-16)22-17(15)21-14-9-7-13(8-10-14)19(23)24/h3,5-13H,1,4H2,2H3,(H,27,28)(H,24,25,26);4,6-11H,1,5H2,2-3H3,(H,24,25)(H,21,22,23);3-4,6-11H,1,5,12H2,2H3,(H,24,25)(H,21,22,23);3,5-10,12H,1,4,11H2,2H3,(H,24,25)(H,21,22,23);3-4,6-11H,1,5H2,2H3,(H,23,24)(H,20,21,22). The van der Waals surface area contributed by atoms with E-state index in [4.69, 9.17) is 57.3 Å². The quantitative estimate of drug-likeness (QED) is 0.0171. The van der Waals surface area contributed by atoms with Crippen LogP contribution in [0.25, 0.3) is 68.1 Å². The van der Waals surface area contributed by atoms with Crippen molar-refractivity contribution in [1.29, 1.82) is 0 Å². The first-order valence-electron chi connectivity index (χ1n) is 41.4. The summed E-state index contributed by atoms with van der Waals surface area (Å²) in [5, 5.41) is 63.3. The van der Waals surface area contributed by atoms with E-state index in [1.807, 2.05) is 107 Å². The third-order valence-electron chi connectivity index (χ3n) is 20.2. The molecule has 10 aromatic heterocycles. The van der Waals surface area contributed by atoms with Crippen LogP contribution in [0.1, 0.15) is 98.5 Å². The van der Waals surface area contributed by atoms with Crippen LogP contribution in [0.3, 0.4) is 0 Å². The van der Waals surface area contributed by atoms with E-state index in [0.717, 1.165) is 118 Å². The number of ether oxygens (including phenoxy) is 1. The van der Waals surface area contributed by atoms with Crippen molar-refractivity contribution in [3.63, 3.8) is 0 Å². The van der Waals surface area contributed by atoms with Gasteiger partial charge in [0.1, 0.15) is 53.6 Å². The van der Waals surface area contributed by atoms with Gasteiger partial charge in [0.25, 0.3) is 0 Å². The summed E-state index contributed by atoms with van der Waals surface area (Å²) in [5.41, 5.74) is 17.2. The molecule has 0 fully saturated rings. The first-order valence-corrected chi connectivity index (χ1v) is 41.4. The first-order chi connectivity index (χ1) is 64.3. The van der Waals surface area contributed by atoms with E-state index in [-0.39, 0.29) is 29.5 Å². The van der Waals surface area contributed by atoms with Gasteiger partial charge < -0.3 is 78.9 Å². The zero-order valence-corrected chi connectivity index (χ0v) is 73.4. The van der Waals surface area contributed by atoms with Gasteiger partial charge in [-0.25, -0.2) is 64.2 Å². The molecule has 6 aromatic carbocycles. The average molecular weight is 1780 g/mol. The maximum absolute atomic E-state index is 11.2. The number of nitrogens with zero attached hydrogens (tertiary/aromatic N) is 10. The van der Waals surface area contributed by atoms with E-state index >= 15 is 0 Å². The molecule has 0 aliphatic rings.